The van der Waals surface area contributed by atoms with E-state index in [1.165, 1.54) is 50.3 Å². The van der Waals surface area contributed by atoms with E-state index >= 15 is 0 Å². The smallest absolute Gasteiger partial charge is 0.234 e. The molecule has 1 aromatic heterocycles. The maximum absolute atomic E-state index is 12.7. The lowest BCUT2D eigenvalue weighted by Gasteiger charge is -2.56. The minimum absolute atomic E-state index is 0.00959. The van der Waals surface area contributed by atoms with Crippen molar-refractivity contribution in [1.29, 1.82) is 0 Å². The molecule has 4 saturated carbocycles. The Morgan fingerprint density at radius 1 is 1.03 bits per heavy atom. The van der Waals surface area contributed by atoms with Gasteiger partial charge in [0.05, 0.1) is 5.75 Å². The Hall–Kier alpha value is -2.34. The van der Waals surface area contributed by atoms with Crippen LogP contribution < -0.4 is 5.32 Å². The molecule has 6 heteroatoms. The highest BCUT2D eigenvalue weighted by molar-refractivity contribution is 7.99. The topological polar surface area (TPSA) is 59.8 Å². The van der Waals surface area contributed by atoms with Gasteiger partial charge in [-0.25, -0.2) is 0 Å². The molecule has 172 valence electrons. The zero-order valence-corrected chi connectivity index (χ0v) is 20.1. The predicted molar refractivity (Wildman–Crippen MR) is 133 cm³/mol. The summed E-state index contributed by atoms with van der Waals surface area (Å²) in [6.45, 7) is 3.01. The van der Waals surface area contributed by atoms with E-state index in [1.807, 2.05) is 30.3 Å². The fourth-order valence-electron chi connectivity index (χ4n) is 7.37. The summed E-state index contributed by atoms with van der Waals surface area (Å²) in [7, 11) is 0. The second-order valence-electron chi connectivity index (χ2n) is 10.6. The maximum Gasteiger partial charge on any atom is 0.234 e. The first kappa shape index (κ1) is 21.2. The number of carbonyl (C=O) groups excluding carboxylic acids is 1. The van der Waals surface area contributed by atoms with Crippen LogP contribution in [0.4, 0.5) is 5.69 Å². The first-order chi connectivity index (χ1) is 16.1. The third kappa shape index (κ3) is 4.07. The first-order valence-electron chi connectivity index (χ1n) is 12.4. The molecule has 5 nitrogen and oxygen atoms in total. The lowest BCUT2D eigenvalue weighted by Crippen LogP contribution is -2.47. The van der Waals surface area contributed by atoms with Crippen LogP contribution in [0.1, 0.15) is 51.3 Å². The Labute approximate surface area is 199 Å². The van der Waals surface area contributed by atoms with Crippen LogP contribution in [0.15, 0.2) is 47.6 Å². The lowest BCUT2D eigenvalue weighted by molar-refractivity contribution is -0.113. The highest BCUT2D eigenvalue weighted by Crippen LogP contribution is 2.61. The van der Waals surface area contributed by atoms with Gasteiger partial charge in [-0.2, -0.15) is 0 Å². The Morgan fingerprint density at radius 2 is 1.73 bits per heavy atom. The number of benzene rings is 2. The zero-order chi connectivity index (χ0) is 22.4. The van der Waals surface area contributed by atoms with Gasteiger partial charge in [0.2, 0.25) is 5.91 Å². The molecule has 0 saturated heterocycles. The molecule has 4 aliphatic carbocycles. The summed E-state index contributed by atoms with van der Waals surface area (Å²) in [5, 5.41) is 15.3. The molecular formula is C27H32N4OS. The normalized spacial score (nSPS) is 27.8. The van der Waals surface area contributed by atoms with E-state index in [9.17, 15) is 4.79 Å². The number of thioether (sulfide) groups is 1. The van der Waals surface area contributed by atoms with Crippen LogP contribution in [0.3, 0.4) is 0 Å². The summed E-state index contributed by atoms with van der Waals surface area (Å²) in [4.78, 5) is 12.7. The molecule has 7 rings (SSSR count). The Kier molecular flexibility index (Phi) is 5.44. The number of rotatable bonds is 7. The molecule has 4 fully saturated rings. The molecule has 3 aromatic rings. The molecule has 4 aliphatic rings. The largest absolute Gasteiger partial charge is 0.325 e. The molecule has 1 heterocycles. The van der Waals surface area contributed by atoms with Gasteiger partial charge in [0.15, 0.2) is 5.16 Å². The molecule has 0 unspecified atom stereocenters. The fourth-order valence-corrected chi connectivity index (χ4v) is 8.19. The third-order valence-corrected chi connectivity index (χ3v) is 9.17. The summed E-state index contributed by atoms with van der Waals surface area (Å²) >= 11 is 1.49. The number of anilines is 1. The van der Waals surface area contributed by atoms with Gasteiger partial charge in [-0.05, 0) is 80.1 Å². The van der Waals surface area contributed by atoms with Crippen molar-refractivity contribution in [1.82, 2.24) is 14.8 Å². The molecule has 0 aliphatic heterocycles. The highest BCUT2D eigenvalue weighted by atomic mass is 32.2. The number of hydrogen-bond acceptors (Lipinski definition) is 4. The second kappa shape index (κ2) is 8.46. The van der Waals surface area contributed by atoms with Gasteiger partial charge in [0, 0.05) is 24.0 Å². The van der Waals surface area contributed by atoms with Gasteiger partial charge < -0.3 is 9.88 Å². The molecule has 0 atom stereocenters. The lowest BCUT2D eigenvalue weighted by atomic mass is 9.49. The number of hydrogen-bond donors (Lipinski definition) is 1. The predicted octanol–water partition coefficient (Wildman–Crippen LogP) is 5.94. The monoisotopic (exact) mass is 460 g/mol. The van der Waals surface area contributed by atoms with Crippen molar-refractivity contribution < 1.29 is 4.79 Å². The molecule has 1 amide bonds. The number of nitrogens with one attached hydrogen (secondary N) is 1. The summed E-state index contributed by atoms with van der Waals surface area (Å²) < 4.78 is 2.24. The van der Waals surface area contributed by atoms with E-state index in [0.717, 1.165) is 58.2 Å². The van der Waals surface area contributed by atoms with E-state index in [4.69, 9.17) is 0 Å². The third-order valence-electron chi connectivity index (χ3n) is 8.20. The van der Waals surface area contributed by atoms with Crippen LogP contribution >= 0.6 is 11.8 Å². The standard InChI is InChI=1S/C27H32N4OS/c1-2-31-24(16-27-13-18-10-19(14-27)12-20(11-18)15-27)29-30-26(31)33-17-25(32)28-23-9-5-7-21-6-3-4-8-22(21)23/h3-9,18-20H,2,10-17H2,1H3,(H,28,32). The Morgan fingerprint density at radius 3 is 2.45 bits per heavy atom. The average molecular weight is 461 g/mol. The first-order valence-corrected chi connectivity index (χ1v) is 13.4. The summed E-state index contributed by atoms with van der Waals surface area (Å²) in [5.41, 5.74) is 1.31. The molecule has 0 radical (unpaired) electrons. The highest BCUT2D eigenvalue weighted by Gasteiger charge is 2.51. The molecule has 0 spiro atoms. The van der Waals surface area contributed by atoms with Crippen molar-refractivity contribution in [3.8, 4) is 0 Å². The van der Waals surface area contributed by atoms with Crippen LogP contribution in [0.5, 0.6) is 0 Å². The number of amides is 1. The molecule has 1 N–H and O–H groups in total. The van der Waals surface area contributed by atoms with E-state index < -0.39 is 0 Å². The Balaban J connectivity index is 1.13. The van der Waals surface area contributed by atoms with Crippen molar-refractivity contribution in [2.24, 2.45) is 23.2 Å². The second-order valence-corrected chi connectivity index (χ2v) is 11.5. The number of carbonyl (C=O) groups is 1. The van der Waals surface area contributed by atoms with Gasteiger partial charge in [0.25, 0.3) is 0 Å². The van der Waals surface area contributed by atoms with Crippen molar-refractivity contribution in [3.05, 3.63) is 48.3 Å². The summed E-state index contributed by atoms with van der Waals surface area (Å²) in [6, 6.07) is 14.1. The minimum Gasteiger partial charge on any atom is -0.325 e. The SMILES string of the molecule is CCn1c(CC23CC4CC(CC(C4)C2)C3)nnc1SCC(=O)Nc1cccc2ccccc12. The van der Waals surface area contributed by atoms with Crippen LogP contribution in [0.2, 0.25) is 0 Å². The molecule has 2 aromatic carbocycles. The number of fused-ring (bicyclic) bond motifs is 1. The fraction of sp³-hybridized carbons (Fsp3) is 0.519. The summed E-state index contributed by atoms with van der Waals surface area (Å²) in [6.07, 6.45) is 9.59. The van der Waals surface area contributed by atoms with Gasteiger partial charge >= 0.3 is 0 Å². The average Bonchev–Trinajstić information content (AvgIpc) is 3.17. The maximum atomic E-state index is 12.7. The molecule has 33 heavy (non-hydrogen) atoms. The minimum atomic E-state index is -0.00959. The number of nitrogens with zero attached hydrogens (tertiary/aromatic N) is 3. The van der Waals surface area contributed by atoms with Crippen molar-refractivity contribution >= 4 is 34.1 Å². The van der Waals surface area contributed by atoms with Crippen molar-refractivity contribution in [2.45, 2.75) is 63.6 Å². The van der Waals surface area contributed by atoms with Gasteiger partial charge in [-0.1, -0.05) is 48.2 Å². The summed E-state index contributed by atoms with van der Waals surface area (Å²) in [5.74, 6) is 4.28. The molecular weight excluding hydrogens is 428 g/mol. The van der Waals surface area contributed by atoms with E-state index in [1.54, 1.807) is 0 Å². The van der Waals surface area contributed by atoms with Crippen LogP contribution in [-0.4, -0.2) is 26.4 Å². The zero-order valence-electron chi connectivity index (χ0n) is 19.3. The number of aromatic nitrogens is 3. The van der Waals surface area contributed by atoms with Gasteiger partial charge in [-0.3, -0.25) is 4.79 Å². The van der Waals surface area contributed by atoms with Gasteiger partial charge in [-0.15, -0.1) is 10.2 Å². The van der Waals surface area contributed by atoms with Crippen molar-refractivity contribution in [2.75, 3.05) is 11.1 Å². The van der Waals surface area contributed by atoms with Crippen LogP contribution in [0.25, 0.3) is 10.8 Å². The Bertz CT molecular complexity index is 1150. The van der Waals surface area contributed by atoms with E-state index in [2.05, 4.69) is 39.1 Å². The molecule has 4 bridgehead atoms. The van der Waals surface area contributed by atoms with Gasteiger partial charge in [0.1, 0.15) is 5.82 Å². The van der Waals surface area contributed by atoms with Crippen LogP contribution in [0, 0.1) is 23.2 Å². The van der Waals surface area contributed by atoms with E-state index in [0.29, 0.717) is 11.2 Å². The van der Waals surface area contributed by atoms with Crippen LogP contribution in [-0.2, 0) is 17.8 Å². The quantitative estimate of drug-likeness (QED) is 0.443. The van der Waals surface area contributed by atoms with E-state index in [-0.39, 0.29) is 5.91 Å². The van der Waals surface area contributed by atoms with Crippen molar-refractivity contribution in [3.63, 3.8) is 0 Å².